The molecule has 0 bridgehead atoms. The van der Waals surface area contributed by atoms with Gasteiger partial charge in [0.2, 0.25) is 5.91 Å². The number of carbonyl (C=O) groups is 1. The Morgan fingerprint density at radius 2 is 2.26 bits per heavy atom. The molecule has 1 amide bonds. The van der Waals surface area contributed by atoms with Gasteiger partial charge in [0.25, 0.3) is 0 Å². The SMILES string of the molecule is Cc1ccc(CCNC(=O)[C@H]2CCCCCN2C)o1. The summed E-state index contributed by atoms with van der Waals surface area (Å²) in [5.74, 6) is 2.02. The zero-order chi connectivity index (χ0) is 13.7. The van der Waals surface area contributed by atoms with Gasteiger partial charge in [-0.3, -0.25) is 9.69 Å². The second kappa shape index (κ2) is 6.75. The number of nitrogens with zero attached hydrogens (tertiary/aromatic N) is 1. The van der Waals surface area contributed by atoms with Gasteiger partial charge in [0.15, 0.2) is 0 Å². The topological polar surface area (TPSA) is 45.5 Å². The van der Waals surface area contributed by atoms with Crippen LogP contribution in [0.4, 0.5) is 0 Å². The van der Waals surface area contributed by atoms with E-state index in [1.54, 1.807) is 0 Å². The maximum atomic E-state index is 12.2. The number of amides is 1. The Bertz CT molecular complexity index is 414. The van der Waals surface area contributed by atoms with Crippen molar-refractivity contribution in [2.45, 2.75) is 45.1 Å². The highest BCUT2D eigenvalue weighted by molar-refractivity contribution is 5.81. The Morgan fingerprint density at radius 3 is 3.00 bits per heavy atom. The molecule has 0 saturated carbocycles. The van der Waals surface area contributed by atoms with Gasteiger partial charge in [0, 0.05) is 13.0 Å². The van der Waals surface area contributed by atoms with Gasteiger partial charge in [0.1, 0.15) is 11.5 Å². The summed E-state index contributed by atoms with van der Waals surface area (Å²) in [6.07, 6.45) is 5.32. The summed E-state index contributed by atoms with van der Waals surface area (Å²) >= 11 is 0. The molecule has 0 aromatic carbocycles. The van der Waals surface area contributed by atoms with Crippen LogP contribution in [0.3, 0.4) is 0 Å². The number of rotatable bonds is 4. The summed E-state index contributed by atoms with van der Waals surface area (Å²) in [6.45, 7) is 3.61. The molecule has 1 aliphatic rings. The molecule has 0 aliphatic carbocycles. The zero-order valence-corrected chi connectivity index (χ0v) is 11.9. The van der Waals surface area contributed by atoms with E-state index in [0.717, 1.165) is 37.3 Å². The molecule has 4 nitrogen and oxygen atoms in total. The van der Waals surface area contributed by atoms with Crippen molar-refractivity contribution in [1.29, 1.82) is 0 Å². The number of hydrogen-bond acceptors (Lipinski definition) is 3. The molecule has 0 radical (unpaired) electrons. The fraction of sp³-hybridized carbons (Fsp3) is 0.667. The molecule has 1 aromatic rings. The lowest BCUT2D eigenvalue weighted by Crippen LogP contribution is -2.45. The predicted octanol–water partition coefficient (Wildman–Crippen LogP) is 2.12. The van der Waals surface area contributed by atoms with E-state index >= 15 is 0 Å². The van der Waals surface area contributed by atoms with Crippen molar-refractivity contribution in [3.63, 3.8) is 0 Å². The first-order chi connectivity index (χ1) is 9.16. The van der Waals surface area contributed by atoms with Crippen LogP contribution in [0.2, 0.25) is 0 Å². The van der Waals surface area contributed by atoms with E-state index in [0.29, 0.717) is 6.54 Å². The van der Waals surface area contributed by atoms with E-state index in [9.17, 15) is 4.79 Å². The lowest BCUT2D eigenvalue weighted by atomic mass is 10.1. The van der Waals surface area contributed by atoms with Crippen molar-refractivity contribution in [1.82, 2.24) is 10.2 Å². The minimum atomic E-state index is 0.0424. The largest absolute Gasteiger partial charge is 0.466 e. The van der Waals surface area contributed by atoms with E-state index in [-0.39, 0.29) is 11.9 Å². The minimum absolute atomic E-state index is 0.0424. The fourth-order valence-corrected chi connectivity index (χ4v) is 2.63. The summed E-state index contributed by atoms with van der Waals surface area (Å²) < 4.78 is 5.49. The van der Waals surface area contributed by atoms with Crippen molar-refractivity contribution in [3.8, 4) is 0 Å². The number of carbonyl (C=O) groups excluding carboxylic acids is 1. The molecule has 106 valence electrons. The van der Waals surface area contributed by atoms with Crippen LogP contribution >= 0.6 is 0 Å². The van der Waals surface area contributed by atoms with Crippen LogP contribution in [0.1, 0.15) is 37.2 Å². The quantitative estimate of drug-likeness (QED) is 0.906. The molecular weight excluding hydrogens is 240 g/mol. The molecule has 1 N–H and O–H groups in total. The zero-order valence-electron chi connectivity index (χ0n) is 11.9. The van der Waals surface area contributed by atoms with E-state index in [1.165, 1.54) is 12.8 Å². The lowest BCUT2D eigenvalue weighted by molar-refractivity contribution is -0.126. The number of furan rings is 1. The second-order valence-corrected chi connectivity index (χ2v) is 5.40. The molecular formula is C15H24N2O2. The molecule has 1 fully saturated rings. The van der Waals surface area contributed by atoms with Crippen LogP contribution in [-0.2, 0) is 11.2 Å². The monoisotopic (exact) mass is 264 g/mol. The molecule has 1 saturated heterocycles. The van der Waals surface area contributed by atoms with Gasteiger partial charge in [-0.25, -0.2) is 0 Å². The van der Waals surface area contributed by atoms with Gasteiger partial charge in [-0.05, 0) is 45.5 Å². The van der Waals surface area contributed by atoms with Gasteiger partial charge in [0.05, 0.1) is 6.04 Å². The molecule has 2 rings (SSSR count). The van der Waals surface area contributed by atoms with Crippen molar-refractivity contribution in [3.05, 3.63) is 23.7 Å². The maximum Gasteiger partial charge on any atom is 0.237 e. The Balaban J connectivity index is 1.76. The Morgan fingerprint density at radius 1 is 1.42 bits per heavy atom. The van der Waals surface area contributed by atoms with Crippen molar-refractivity contribution in [2.75, 3.05) is 20.1 Å². The van der Waals surface area contributed by atoms with Crippen LogP contribution < -0.4 is 5.32 Å². The standard InChI is InChI=1S/C15H24N2O2/c1-12-7-8-13(19-12)9-10-16-15(18)14-6-4-3-5-11-17(14)2/h7-8,14H,3-6,9-11H2,1-2H3,(H,16,18)/t14-/m1/s1. The highest BCUT2D eigenvalue weighted by Gasteiger charge is 2.24. The first-order valence-corrected chi connectivity index (χ1v) is 7.20. The summed E-state index contributed by atoms with van der Waals surface area (Å²) in [5.41, 5.74) is 0. The van der Waals surface area contributed by atoms with Gasteiger partial charge >= 0.3 is 0 Å². The molecule has 1 aromatic heterocycles. The van der Waals surface area contributed by atoms with Crippen molar-refractivity contribution < 1.29 is 9.21 Å². The highest BCUT2D eigenvalue weighted by Crippen LogP contribution is 2.15. The van der Waals surface area contributed by atoms with Gasteiger partial charge < -0.3 is 9.73 Å². The molecule has 0 spiro atoms. The Hall–Kier alpha value is -1.29. The van der Waals surface area contributed by atoms with Crippen LogP contribution in [-0.4, -0.2) is 37.0 Å². The first-order valence-electron chi connectivity index (χ1n) is 7.20. The molecule has 4 heteroatoms. The van der Waals surface area contributed by atoms with Crippen molar-refractivity contribution >= 4 is 5.91 Å². The molecule has 0 unspecified atom stereocenters. The number of hydrogen-bond donors (Lipinski definition) is 1. The predicted molar refractivity (Wildman–Crippen MR) is 75.0 cm³/mol. The fourth-order valence-electron chi connectivity index (χ4n) is 2.63. The molecule has 1 aliphatic heterocycles. The van der Waals surface area contributed by atoms with E-state index in [2.05, 4.69) is 10.2 Å². The van der Waals surface area contributed by atoms with Crippen LogP contribution in [0.25, 0.3) is 0 Å². The van der Waals surface area contributed by atoms with Crippen molar-refractivity contribution in [2.24, 2.45) is 0 Å². The highest BCUT2D eigenvalue weighted by atomic mass is 16.3. The number of likely N-dealkylation sites (tertiary alicyclic amines) is 1. The number of aryl methyl sites for hydroxylation is 1. The van der Waals surface area contributed by atoms with E-state index in [4.69, 9.17) is 4.42 Å². The maximum absolute atomic E-state index is 12.2. The minimum Gasteiger partial charge on any atom is -0.466 e. The van der Waals surface area contributed by atoms with Gasteiger partial charge in [-0.15, -0.1) is 0 Å². The third kappa shape index (κ3) is 4.10. The van der Waals surface area contributed by atoms with Gasteiger partial charge in [-0.2, -0.15) is 0 Å². The average molecular weight is 264 g/mol. The van der Waals surface area contributed by atoms with Crippen LogP contribution in [0.15, 0.2) is 16.5 Å². The van der Waals surface area contributed by atoms with Crippen LogP contribution in [0.5, 0.6) is 0 Å². The summed E-state index contributed by atoms with van der Waals surface area (Å²) in [6, 6.07) is 3.97. The molecule has 2 heterocycles. The average Bonchev–Trinajstić information content (AvgIpc) is 2.67. The number of likely N-dealkylation sites (N-methyl/N-ethyl adjacent to an activating group) is 1. The molecule has 1 atom stereocenters. The Kier molecular flexibility index (Phi) is 5.02. The van der Waals surface area contributed by atoms with Crippen LogP contribution in [0, 0.1) is 6.92 Å². The Labute approximate surface area is 115 Å². The van der Waals surface area contributed by atoms with E-state index in [1.807, 2.05) is 26.1 Å². The van der Waals surface area contributed by atoms with Gasteiger partial charge in [-0.1, -0.05) is 12.8 Å². The lowest BCUT2D eigenvalue weighted by Gasteiger charge is -2.24. The first kappa shape index (κ1) is 14.1. The second-order valence-electron chi connectivity index (χ2n) is 5.40. The smallest absolute Gasteiger partial charge is 0.237 e. The summed E-state index contributed by atoms with van der Waals surface area (Å²) in [7, 11) is 2.05. The van der Waals surface area contributed by atoms with E-state index < -0.39 is 0 Å². The molecule has 19 heavy (non-hydrogen) atoms. The normalized spacial score (nSPS) is 21.1. The summed E-state index contributed by atoms with van der Waals surface area (Å²) in [5, 5.41) is 3.03. The third-order valence-corrected chi connectivity index (χ3v) is 3.79. The summed E-state index contributed by atoms with van der Waals surface area (Å²) in [4.78, 5) is 14.4. The third-order valence-electron chi connectivity index (χ3n) is 3.79. The number of nitrogens with one attached hydrogen (secondary N) is 1.